The van der Waals surface area contributed by atoms with Crippen molar-refractivity contribution in [3.63, 3.8) is 0 Å². The monoisotopic (exact) mass is 376 g/mol. The van der Waals surface area contributed by atoms with Crippen molar-refractivity contribution in [1.29, 1.82) is 0 Å². The second kappa shape index (κ2) is 6.06. The molecule has 1 aliphatic rings. The maximum Gasteiger partial charge on any atom is 0.329 e. The lowest BCUT2D eigenvalue weighted by atomic mass is 10.1. The van der Waals surface area contributed by atoms with Crippen LogP contribution in [0, 0.1) is 6.92 Å². The molecule has 0 atom stereocenters. The van der Waals surface area contributed by atoms with Crippen LogP contribution in [0.15, 0.2) is 45.9 Å². The molecule has 22 heavy (non-hydrogen) atoms. The van der Waals surface area contributed by atoms with Gasteiger partial charge in [0.25, 0.3) is 5.91 Å². The lowest BCUT2D eigenvalue weighted by Crippen LogP contribution is -2.30. The number of thiophene rings is 1. The summed E-state index contributed by atoms with van der Waals surface area (Å²) in [7, 11) is 0. The number of imide groups is 1. The van der Waals surface area contributed by atoms with Crippen LogP contribution in [0.3, 0.4) is 0 Å². The van der Waals surface area contributed by atoms with Crippen molar-refractivity contribution in [3.05, 3.63) is 61.9 Å². The van der Waals surface area contributed by atoms with Crippen molar-refractivity contribution in [3.8, 4) is 0 Å². The molecule has 1 aliphatic heterocycles. The molecule has 1 N–H and O–H groups in total. The number of rotatable bonds is 3. The number of amides is 3. The van der Waals surface area contributed by atoms with E-state index in [9.17, 15) is 9.59 Å². The van der Waals surface area contributed by atoms with Crippen LogP contribution < -0.4 is 5.32 Å². The summed E-state index contributed by atoms with van der Waals surface area (Å²) >= 11 is 4.88. The molecule has 0 bridgehead atoms. The van der Waals surface area contributed by atoms with Gasteiger partial charge in [0.2, 0.25) is 0 Å². The molecule has 0 radical (unpaired) electrons. The Bertz CT molecular complexity index is 765. The second-order valence-electron chi connectivity index (χ2n) is 5.01. The van der Waals surface area contributed by atoms with Gasteiger partial charge in [0.05, 0.1) is 10.3 Å². The summed E-state index contributed by atoms with van der Waals surface area (Å²) in [6, 6.07) is 11.2. The van der Waals surface area contributed by atoms with Crippen LogP contribution in [0.1, 0.15) is 16.0 Å². The molecule has 1 saturated heterocycles. The zero-order chi connectivity index (χ0) is 15.7. The smallest absolute Gasteiger partial charge is 0.303 e. The largest absolute Gasteiger partial charge is 0.329 e. The van der Waals surface area contributed by atoms with Gasteiger partial charge in [-0.05, 0) is 46.6 Å². The molecule has 1 aromatic heterocycles. The zero-order valence-electron chi connectivity index (χ0n) is 11.8. The Morgan fingerprint density at radius 3 is 2.55 bits per heavy atom. The molecule has 6 heteroatoms. The Kier molecular flexibility index (Phi) is 4.13. The van der Waals surface area contributed by atoms with E-state index in [-0.39, 0.29) is 18.5 Å². The maximum atomic E-state index is 12.4. The molecular formula is C16H13BrN2O2S. The lowest BCUT2D eigenvalue weighted by Gasteiger charge is -2.11. The highest BCUT2D eigenvalue weighted by atomic mass is 79.9. The van der Waals surface area contributed by atoms with Crippen molar-refractivity contribution in [2.75, 3.05) is 0 Å². The molecule has 3 rings (SSSR count). The fourth-order valence-corrected chi connectivity index (χ4v) is 3.51. The van der Waals surface area contributed by atoms with Crippen LogP contribution in [-0.4, -0.2) is 16.8 Å². The average molecular weight is 377 g/mol. The van der Waals surface area contributed by atoms with Crippen molar-refractivity contribution < 1.29 is 9.59 Å². The third-order valence-corrected chi connectivity index (χ3v) is 4.87. The van der Waals surface area contributed by atoms with E-state index in [0.29, 0.717) is 5.70 Å². The molecule has 0 spiro atoms. The highest BCUT2D eigenvalue weighted by Gasteiger charge is 2.33. The lowest BCUT2D eigenvalue weighted by molar-refractivity contribution is -0.123. The summed E-state index contributed by atoms with van der Waals surface area (Å²) < 4.78 is 0.979. The normalized spacial score (nSPS) is 16.5. The fraction of sp³-hybridized carbons (Fsp3) is 0.125. The number of carbonyl (C=O) groups excluding carboxylic acids is 2. The summed E-state index contributed by atoms with van der Waals surface area (Å²) in [5, 5.41) is 2.63. The van der Waals surface area contributed by atoms with Gasteiger partial charge < -0.3 is 5.32 Å². The van der Waals surface area contributed by atoms with Gasteiger partial charge in [-0.2, -0.15) is 0 Å². The first-order valence-electron chi connectivity index (χ1n) is 6.68. The molecule has 4 nitrogen and oxygen atoms in total. The minimum atomic E-state index is -0.382. The summed E-state index contributed by atoms with van der Waals surface area (Å²) in [4.78, 5) is 26.5. The Morgan fingerprint density at radius 1 is 1.18 bits per heavy atom. The predicted molar refractivity (Wildman–Crippen MR) is 90.3 cm³/mol. The van der Waals surface area contributed by atoms with Crippen molar-refractivity contribution in [2.24, 2.45) is 0 Å². The maximum absolute atomic E-state index is 12.4. The van der Waals surface area contributed by atoms with E-state index < -0.39 is 0 Å². The van der Waals surface area contributed by atoms with Crippen molar-refractivity contribution >= 4 is 45.3 Å². The van der Waals surface area contributed by atoms with E-state index in [0.717, 1.165) is 19.8 Å². The third-order valence-electron chi connectivity index (χ3n) is 3.30. The van der Waals surface area contributed by atoms with Crippen LogP contribution in [0.4, 0.5) is 4.79 Å². The molecule has 0 saturated carbocycles. The number of nitrogens with one attached hydrogen (secondary N) is 1. The number of urea groups is 1. The summed E-state index contributed by atoms with van der Waals surface area (Å²) in [5.41, 5.74) is 2.38. The van der Waals surface area contributed by atoms with Crippen LogP contribution in [0.2, 0.25) is 0 Å². The SMILES string of the molecule is Cc1ccc(CN2C(=O)N/C(=C/c3ccc(Br)s3)C2=O)cc1. The Hall–Kier alpha value is -1.92. The van der Waals surface area contributed by atoms with Gasteiger partial charge in [-0.25, -0.2) is 4.79 Å². The third kappa shape index (κ3) is 3.13. The fourth-order valence-electron chi connectivity index (χ4n) is 2.14. The van der Waals surface area contributed by atoms with Crippen LogP contribution >= 0.6 is 27.3 Å². The number of hydrogen-bond donors (Lipinski definition) is 1. The molecule has 3 amide bonds. The number of halogens is 1. The second-order valence-corrected chi connectivity index (χ2v) is 7.50. The van der Waals surface area contributed by atoms with E-state index >= 15 is 0 Å². The molecule has 2 heterocycles. The van der Waals surface area contributed by atoms with E-state index in [1.165, 1.54) is 16.2 Å². The van der Waals surface area contributed by atoms with Gasteiger partial charge in [0, 0.05) is 4.88 Å². The highest BCUT2D eigenvalue weighted by molar-refractivity contribution is 9.11. The van der Waals surface area contributed by atoms with Gasteiger partial charge in [-0.3, -0.25) is 9.69 Å². The van der Waals surface area contributed by atoms with Crippen LogP contribution in [0.5, 0.6) is 0 Å². The van der Waals surface area contributed by atoms with E-state index in [4.69, 9.17) is 0 Å². The number of benzene rings is 1. The topological polar surface area (TPSA) is 49.4 Å². The molecule has 1 aromatic carbocycles. The molecule has 1 fully saturated rings. The van der Waals surface area contributed by atoms with E-state index in [2.05, 4.69) is 21.2 Å². The van der Waals surface area contributed by atoms with Crippen molar-refractivity contribution in [1.82, 2.24) is 10.2 Å². The summed E-state index contributed by atoms with van der Waals surface area (Å²) in [6.07, 6.45) is 1.70. The predicted octanol–water partition coefficient (Wildman–Crippen LogP) is 3.91. The van der Waals surface area contributed by atoms with Gasteiger partial charge in [-0.15, -0.1) is 11.3 Å². The number of nitrogens with zero attached hydrogens (tertiary/aromatic N) is 1. The standard InChI is InChI=1S/C16H13BrN2O2S/c1-10-2-4-11(5-3-10)9-19-15(20)13(18-16(19)21)8-12-6-7-14(17)22-12/h2-8H,9H2,1H3,(H,18,21)/b13-8+. The van der Waals surface area contributed by atoms with Crippen LogP contribution in [0.25, 0.3) is 6.08 Å². The molecule has 2 aromatic rings. The molecule has 0 unspecified atom stereocenters. The summed E-state index contributed by atoms with van der Waals surface area (Å²) in [5.74, 6) is -0.296. The van der Waals surface area contributed by atoms with Crippen molar-refractivity contribution in [2.45, 2.75) is 13.5 Å². The number of aryl methyl sites for hydroxylation is 1. The first-order valence-corrected chi connectivity index (χ1v) is 8.29. The number of carbonyl (C=O) groups is 2. The van der Waals surface area contributed by atoms with Gasteiger partial charge in [0.15, 0.2) is 0 Å². The Labute approximate surface area is 140 Å². The van der Waals surface area contributed by atoms with Gasteiger partial charge in [-0.1, -0.05) is 29.8 Å². The van der Waals surface area contributed by atoms with E-state index in [1.807, 2.05) is 43.3 Å². The average Bonchev–Trinajstić information content (AvgIpc) is 3.00. The van der Waals surface area contributed by atoms with Gasteiger partial charge in [0.1, 0.15) is 5.70 Å². The minimum absolute atomic E-state index is 0.274. The van der Waals surface area contributed by atoms with Crippen LogP contribution in [-0.2, 0) is 11.3 Å². The summed E-state index contributed by atoms with van der Waals surface area (Å²) in [6.45, 7) is 2.27. The van der Waals surface area contributed by atoms with Gasteiger partial charge >= 0.3 is 6.03 Å². The quantitative estimate of drug-likeness (QED) is 0.651. The molecule has 0 aliphatic carbocycles. The zero-order valence-corrected chi connectivity index (χ0v) is 14.2. The van der Waals surface area contributed by atoms with E-state index in [1.54, 1.807) is 6.08 Å². The first kappa shape index (κ1) is 15.0. The highest BCUT2D eigenvalue weighted by Crippen LogP contribution is 2.25. The molecular weight excluding hydrogens is 364 g/mol. The Morgan fingerprint density at radius 2 is 1.91 bits per heavy atom. The first-order chi connectivity index (χ1) is 10.5. The number of hydrogen-bond acceptors (Lipinski definition) is 3. The minimum Gasteiger partial charge on any atom is -0.303 e. The molecule has 112 valence electrons. The Balaban J connectivity index is 1.79.